The normalized spacial score (nSPS) is 17.7. The van der Waals surface area contributed by atoms with E-state index in [0.29, 0.717) is 32.1 Å². The number of hydroxylamine groups is 1. The summed E-state index contributed by atoms with van der Waals surface area (Å²) in [5.74, 6) is 1.53. The van der Waals surface area contributed by atoms with Gasteiger partial charge in [-0.2, -0.15) is 0 Å². The molecule has 5 rings (SSSR count). The van der Waals surface area contributed by atoms with Crippen LogP contribution >= 0.6 is 47.8 Å². The third kappa shape index (κ3) is 12.4. The number of thiol groups is 1. The van der Waals surface area contributed by atoms with E-state index in [1.54, 1.807) is 18.2 Å². The van der Waals surface area contributed by atoms with Gasteiger partial charge in [-0.25, -0.2) is 0 Å². The van der Waals surface area contributed by atoms with Gasteiger partial charge in [0.25, 0.3) is 5.91 Å². The van der Waals surface area contributed by atoms with Gasteiger partial charge in [0.2, 0.25) is 0 Å². The number of hydrogen-bond donors (Lipinski definition) is 6. The van der Waals surface area contributed by atoms with Gasteiger partial charge in [0.1, 0.15) is 5.76 Å². The van der Waals surface area contributed by atoms with Crippen LogP contribution in [-0.2, 0) is 4.84 Å². The predicted octanol–water partition coefficient (Wildman–Crippen LogP) is 7.97. The van der Waals surface area contributed by atoms with Crippen molar-refractivity contribution in [3.8, 4) is 0 Å². The van der Waals surface area contributed by atoms with Crippen LogP contribution in [0, 0.1) is 5.92 Å². The molecule has 2 saturated carbocycles. The summed E-state index contributed by atoms with van der Waals surface area (Å²) in [5, 5.41) is 7.46. The minimum atomic E-state index is -0.0894. The number of hydrogen-bond acceptors (Lipinski definition) is 8. The van der Waals surface area contributed by atoms with Crippen molar-refractivity contribution in [1.82, 2.24) is 20.8 Å². The molecule has 0 saturated heterocycles. The Balaban J connectivity index is 0.000000243. The summed E-state index contributed by atoms with van der Waals surface area (Å²) in [4.78, 5) is 18.1. The molecule has 11 heteroatoms. The summed E-state index contributed by atoms with van der Waals surface area (Å²) in [6.07, 6.45) is 7.37. The number of likely N-dealkylation sites (N-methyl/N-ethyl adjacent to an activating group) is 1. The largest absolute Gasteiger partial charge is 0.412 e. The molecule has 2 fully saturated rings. The first-order valence-electron chi connectivity index (χ1n) is 15.0. The molecule has 0 spiro atoms. The molecule has 2 aliphatic carbocycles. The number of nitrogen functional groups attached to an aromatic ring is 1. The minimum Gasteiger partial charge on any atom is -0.412 e. The second-order valence-electron chi connectivity index (χ2n) is 10.9. The quantitative estimate of drug-likeness (QED) is 0.0915. The lowest BCUT2D eigenvalue weighted by Crippen LogP contribution is -2.21. The molecule has 1 aliphatic heterocycles. The molecule has 43 heavy (non-hydrogen) atoms. The SMILES string of the molecule is CC1(SNC(=O)c2ccc(N)c(S)c2)CC1.CCCC.CCNC.CNCC1=C(C2CC2)ONC1c1c(Cl)cccc1Cl. The molecule has 0 bridgehead atoms. The molecule has 240 valence electrons. The topological polar surface area (TPSA) is 100 Å². The standard InChI is InChI=1S/C14H16Cl2N2O.C11H14N2OS2.C4H10.C3H9N/c1-17-7-9-13(18-19-14(9)8-5-6-8)12-10(15)3-2-4-11(12)16;1-11(4-5-11)16-13-10(14)7-2-3-8(12)9(15)6-7;2*1-3-4-2/h2-4,8,13,17-18H,5-7H2,1H3;2-3,6,15H,4-5,12H2,1H3,(H,13,14);3-4H2,1-2H3;4H,3H2,1-2H3. The third-order valence-corrected chi connectivity index (χ3v) is 9.28. The van der Waals surface area contributed by atoms with E-state index in [1.165, 1.54) is 43.2 Å². The highest BCUT2D eigenvalue weighted by atomic mass is 35.5. The number of carbonyl (C=O) groups excluding carboxylic acids is 1. The van der Waals surface area contributed by atoms with Crippen molar-refractivity contribution < 1.29 is 9.63 Å². The van der Waals surface area contributed by atoms with Crippen LogP contribution in [0.3, 0.4) is 0 Å². The fourth-order valence-corrected chi connectivity index (χ4v) is 5.28. The van der Waals surface area contributed by atoms with Gasteiger partial charge in [-0.3, -0.25) is 9.52 Å². The number of nitrogens with one attached hydrogen (secondary N) is 4. The van der Waals surface area contributed by atoms with Crippen molar-refractivity contribution in [1.29, 1.82) is 0 Å². The number of carbonyl (C=O) groups is 1. The zero-order valence-electron chi connectivity index (χ0n) is 26.3. The van der Waals surface area contributed by atoms with Gasteiger partial charge < -0.3 is 21.2 Å². The van der Waals surface area contributed by atoms with Gasteiger partial charge in [-0.05, 0) is 95.5 Å². The predicted molar refractivity (Wildman–Crippen MR) is 188 cm³/mol. The zero-order chi connectivity index (χ0) is 32.0. The van der Waals surface area contributed by atoms with Gasteiger partial charge in [0.05, 0.1) is 6.04 Å². The molecule has 6 N–H and O–H groups in total. The van der Waals surface area contributed by atoms with Crippen molar-refractivity contribution in [3.05, 3.63) is 68.9 Å². The van der Waals surface area contributed by atoms with Gasteiger partial charge in [-0.1, -0.05) is 62.9 Å². The lowest BCUT2D eigenvalue weighted by atomic mass is 9.97. The highest BCUT2D eigenvalue weighted by Gasteiger charge is 2.39. The fraction of sp³-hybridized carbons (Fsp3) is 0.531. The molecule has 2 aromatic carbocycles. The Kier molecular flexibility index (Phi) is 16.6. The zero-order valence-corrected chi connectivity index (χ0v) is 29.5. The lowest BCUT2D eigenvalue weighted by Gasteiger charge is -2.16. The summed E-state index contributed by atoms with van der Waals surface area (Å²) in [6.45, 7) is 10.4. The number of halogens is 2. The highest BCUT2D eigenvalue weighted by Crippen LogP contribution is 2.47. The van der Waals surface area contributed by atoms with E-state index in [1.807, 2.05) is 32.3 Å². The molecule has 1 amide bonds. The Morgan fingerprint density at radius 1 is 1.09 bits per heavy atom. The number of allylic oxidation sites excluding steroid dienone is 1. The molecule has 7 nitrogen and oxygen atoms in total. The van der Waals surface area contributed by atoms with E-state index in [0.717, 1.165) is 37.3 Å². The second-order valence-corrected chi connectivity index (χ2v) is 13.6. The Bertz CT molecular complexity index is 1180. The number of benzene rings is 2. The summed E-state index contributed by atoms with van der Waals surface area (Å²) in [5.41, 5.74) is 12.0. The number of nitrogens with two attached hydrogens (primary N) is 1. The molecule has 2 aromatic rings. The fourth-order valence-electron chi connectivity index (χ4n) is 3.68. The first-order valence-corrected chi connectivity index (χ1v) is 17.0. The van der Waals surface area contributed by atoms with Crippen LogP contribution < -0.4 is 26.6 Å². The molecule has 0 radical (unpaired) electrons. The maximum Gasteiger partial charge on any atom is 0.261 e. The summed E-state index contributed by atoms with van der Waals surface area (Å²) >= 11 is 18.3. The Morgan fingerprint density at radius 2 is 1.70 bits per heavy atom. The number of anilines is 1. The van der Waals surface area contributed by atoms with Crippen molar-refractivity contribution in [2.75, 3.05) is 32.9 Å². The van der Waals surface area contributed by atoms with Crippen LogP contribution in [0.4, 0.5) is 5.69 Å². The minimum absolute atomic E-state index is 0.0655. The molecule has 1 heterocycles. The van der Waals surface area contributed by atoms with E-state index in [2.05, 4.69) is 61.2 Å². The van der Waals surface area contributed by atoms with E-state index in [4.69, 9.17) is 33.8 Å². The van der Waals surface area contributed by atoms with E-state index < -0.39 is 0 Å². The van der Waals surface area contributed by atoms with Crippen molar-refractivity contribution in [2.24, 2.45) is 5.92 Å². The number of rotatable bonds is 9. The highest BCUT2D eigenvalue weighted by molar-refractivity contribution is 7.99. The number of unbranched alkanes of at least 4 members (excludes halogenated alkanes) is 1. The maximum absolute atomic E-state index is 11.8. The van der Waals surface area contributed by atoms with Crippen LogP contribution in [0.25, 0.3) is 0 Å². The maximum atomic E-state index is 11.8. The molecule has 1 atom stereocenters. The van der Waals surface area contributed by atoms with Crippen LogP contribution in [-0.4, -0.2) is 37.8 Å². The van der Waals surface area contributed by atoms with E-state index in [-0.39, 0.29) is 16.7 Å². The molecule has 1 unspecified atom stereocenters. The first-order chi connectivity index (χ1) is 20.5. The third-order valence-electron chi connectivity index (χ3n) is 7.05. The van der Waals surface area contributed by atoms with Crippen LogP contribution in [0.5, 0.6) is 0 Å². The van der Waals surface area contributed by atoms with E-state index >= 15 is 0 Å². The van der Waals surface area contributed by atoms with Crippen LogP contribution in [0.1, 0.15) is 88.2 Å². The van der Waals surface area contributed by atoms with Gasteiger partial charge >= 0.3 is 0 Å². The molecular weight excluding hydrogens is 621 g/mol. The summed E-state index contributed by atoms with van der Waals surface area (Å²) in [6, 6.07) is 10.6. The number of amides is 1. The van der Waals surface area contributed by atoms with Gasteiger partial charge in [0.15, 0.2) is 0 Å². The second kappa shape index (κ2) is 19.0. The van der Waals surface area contributed by atoms with Crippen molar-refractivity contribution in [2.45, 2.75) is 81.9 Å². The average Bonchev–Trinajstić information content (AvgIpc) is 3.94. The van der Waals surface area contributed by atoms with Crippen LogP contribution in [0.15, 0.2) is 52.6 Å². The lowest BCUT2D eigenvalue weighted by molar-refractivity contribution is 0.0984. The van der Waals surface area contributed by atoms with Gasteiger partial charge in [-0.15, -0.1) is 18.1 Å². The average molecular weight is 671 g/mol. The Hall–Kier alpha value is -1.59. The van der Waals surface area contributed by atoms with Crippen LogP contribution in [0.2, 0.25) is 10.0 Å². The summed E-state index contributed by atoms with van der Waals surface area (Å²) in [7, 11) is 3.86. The molecular formula is C32H49Cl2N5O2S2. The molecule has 0 aromatic heterocycles. The summed E-state index contributed by atoms with van der Waals surface area (Å²) < 4.78 is 3.09. The van der Waals surface area contributed by atoms with Crippen molar-refractivity contribution in [3.63, 3.8) is 0 Å². The van der Waals surface area contributed by atoms with Crippen molar-refractivity contribution >= 4 is 59.4 Å². The van der Waals surface area contributed by atoms with E-state index in [9.17, 15) is 4.79 Å². The van der Waals surface area contributed by atoms with Gasteiger partial charge in [0, 0.05) is 54.5 Å². The smallest absolute Gasteiger partial charge is 0.261 e. The Morgan fingerprint density at radius 3 is 2.16 bits per heavy atom. The Labute approximate surface area is 278 Å². The molecule has 3 aliphatic rings. The first kappa shape index (κ1) is 37.6. The monoisotopic (exact) mass is 669 g/mol.